The largest absolute Gasteiger partial charge is 0.504 e. The van der Waals surface area contributed by atoms with Crippen LogP contribution in [0.3, 0.4) is 0 Å². The molecule has 6 nitrogen and oxygen atoms in total. The quantitative estimate of drug-likeness (QED) is 0.585. The Morgan fingerprint density at radius 1 is 1.06 bits per heavy atom. The van der Waals surface area contributed by atoms with Gasteiger partial charge in [-0.15, -0.1) is 0 Å². The zero-order chi connectivity index (χ0) is 22.1. The van der Waals surface area contributed by atoms with Crippen LogP contribution in [-0.4, -0.2) is 40.5 Å². The van der Waals surface area contributed by atoms with Crippen LogP contribution in [0.2, 0.25) is 0 Å². The molecular formula is C24H34N3O3P. The molecule has 7 heteroatoms. The number of rotatable bonds is 5. The number of aromatic hydroxyl groups is 1. The zero-order valence-corrected chi connectivity index (χ0v) is 19.8. The van der Waals surface area contributed by atoms with Crippen LogP contribution in [0.15, 0.2) is 24.3 Å². The van der Waals surface area contributed by atoms with Crippen LogP contribution in [-0.2, 0) is 9.72 Å². The number of nitrogens with zero attached hydrogens (tertiary/aromatic N) is 2. The zero-order valence-electron chi connectivity index (χ0n) is 18.9. The minimum absolute atomic E-state index is 0.0272. The van der Waals surface area contributed by atoms with E-state index in [1.807, 2.05) is 32.0 Å². The second-order valence-corrected chi connectivity index (χ2v) is 12.6. The highest BCUT2D eigenvalue weighted by molar-refractivity contribution is 7.65. The van der Waals surface area contributed by atoms with Crippen LogP contribution < -0.4 is 10.1 Å². The molecule has 1 aromatic carbocycles. The highest BCUT2D eigenvalue weighted by Crippen LogP contribution is 2.71. The number of aryl methyl sites for hydroxylation is 2. The summed E-state index contributed by atoms with van der Waals surface area (Å²) in [5, 5.41) is 13.3. The summed E-state index contributed by atoms with van der Waals surface area (Å²) in [6, 6.07) is 7.49. The van der Waals surface area contributed by atoms with Gasteiger partial charge in [-0.05, 0) is 63.3 Å². The molecular weight excluding hydrogens is 409 g/mol. The fourth-order valence-corrected chi connectivity index (χ4v) is 10.2. The standard InChI is InChI=1S/C24H34N3O3P/c1-17-15-18(2)26-23(25-17)27-22-9-5-6-12-24(22,31(29)13-7-4-8-14-31)19-10-11-20(28)21(16-19)30-3/h10-11,15-16,22,28H,4-9,12-14H2,1-3H3,(H,25,26,27). The lowest BCUT2D eigenvalue weighted by atomic mass is 9.78. The van der Waals surface area contributed by atoms with Crippen molar-refractivity contribution < 1.29 is 14.4 Å². The van der Waals surface area contributed by atoms with Gasteiger partial charge in [-0.2, -0.15) is 0 Å². The van der Waals surface area contributed by atoms with E-state index in [9.17, 15) is 9.67 Å². The summed E-state index contributed by atoms with van der Waals surface area (Å²) in [7, 11) is -0.996. The third kappa shape index (κ3) is 4.07. The van der Waals surface area contributed by atoms with Crippen LogP contribution in [0.1, 0.15) is 61.9 Å². The van der Waals surface area contributed by atoms with Crippen LogP contribution in [0.25, 0.3) is 0 Å². The third-order valence-corrected chi connectivity index (χ3v) is 11.4. The van der Waals surface area contributed by atoms with E-state index >= 15 is 0 Å². The fraction of sp³-hybridized carbons (Fsp3) is 0.583. The Bertz CT molecular complexity index is 966. The van der Waals surface area contributed by atoms with E-state index < -0.39 is 12.3 Å². The minimum Gasteiger partial charge on any atom is -0.504 e. The van der Waals surface area contributed by atoms with Gasteiger partial charge in [0.05, 0.1) is 19.4 Å². The van der Waals surface area contributed by atoms with Gasteiger partial charge < -0.3 is 19.7 Å². The molecule has 31 heavy (non-hydrogen) atoms. The predicted octanol–water partition coefficient (Wildman–Crippen LogP) is 5.60. The number of phenols is 1. The van der Waals surface area contributed by atoms with Crippen molar-refractivity contribution in [1.29, 1.82) is 0 Å². The molecule has 2 fully saturated rings. The lowest BCUT2D eigenvalue weighted by Gasteiger charge is -2.51. The first kappa shape index (κ1) is 22.1. The minimum atomic E-state index is -2.56. The summed E-state index contributed by atoms with van der Waals surface area (Å²) >= 11 is 0. The number of methoxy groups -OCH3 is 1. The first-order valence-corrected chi connectivity index (χ1v) is 13.5. The van der Waals surface area contributed by atoms with Gasteiger partial charge in [-0.1, -0.05) is 25.3 Å². The summed E-state index contributed by atoms with van der Waals surface area (Å²) in [5.41, 5.74) is 2.85. The molecule has 1 aliphatic carbocycles. The van der Waals surface area contributed by atoms with Crippen molar-refractivity contribution in [3.63, 3.8) is 0 Å². The highest BCUT2D eigenvalue weighted by atomic mass is 31.2. The van der Waals surface area contributed by atoms with E-state index in [1.165, 1.54) is 0 Å². The van der Waals surface area contributed by atoms with Gasteiger partial charge in [0, 0.05) is 29.8 Å². The number of ether oxygens (including phenoxy) is 1. The van der Waals surface area contributed by atoms with Gasteiger partial charge in [0.25, 0.3) is 0 Å². The molecule has 1 aliphatic heterocycles. The molecule has 0 bridgehead atoms. The van der Waals surface area contributed by atoms with Crippen LogP contribution in [0, 0.1) is 13.8 Å². The van der Waals surface area contributed by atoms with E-state index in [0.29, 0.717) is 11.7 Å². The molecule has 168 valence electrons. The molecule has 2 aliphatic rings. The van der Waals surface area contributed by atoms with Gasteiger partial charge in [0.1, 0.15) is 0 Å². The number of hydrogen-bond acceptors (Lipinski definition) is 6. The summed E-state index contributed by atoms with van der Waals surface area (Å²) in [4.78, 5) is 9.25. The van der Waals surface area contributed by atoms with Crippen molar-refractivity contribution in [3.8, 4) is 11.5 Å². The number of benzene rings is 1. The van der Waals surface area contributed by atoms with Crippen LogP contribution >= 0.6 is 7.14 Å². The third-order valence-electron chi connectivity index (χ3n) is 7.11. The molecule has 2 heterocycles. The maximum atomic E-state index is 14.7. The second-order valence-electron chi connectivity index (χ2n) is 9.13. The number of hydrogen-bond donors (Lipinski definition) is 2. The second kappa shape index (κ2) is 8.82. The Morgan fingerprint density at radius 2 is 1.77 bits per heavy atom. The lowest BCUT2D eigenvalue weighted by molar-refractivity contribution is 0.337. The van der Waals surface area contributed by atoms with Gasteiger partial charge >= 0.3 is 0 Å². The summed E-state index contributed by atoms with van der Waals surface area (Å²) in [5.74, 6) is 1.16. The first-order chi connectivity index (χ1) is 14.9. The summed E-state index contributed by atoms with van der Waals surface area (Å²) in [6.45, 7) is 3.95. The summed E-state index contributed by atoms with van der Waals surface area (Å²) < 4.78 is 20.2. The molecule has 2 atom stereocenters. The average Bonchev–Trinajstić information content (AvgIpc) is 2.74. The molecule has 2 unspecified atom stereocenters. The van der Waals surface area contributed by atoms with Crippen molar-refractivity contribution in [2.24, 2.45) is 0 Å². The van der Waals surface area contributed by atoms with E-state index in [4.69, 9.17) is 4.74 Å². The number of aromatic nitrogens is 2. The van der Waals surface area contributed by atoms with Crippen molar-refractivity contribution in [3.05, 3.63) is 41.2 Å². The SMILES string of the molecule is COc1cc(C2(P3(=O)CCCCC3)CCCCC2Nc2nc(C)cc(C)n2)ccc1O. The average molecular weight is 444 g/mol. The van der Waals surface area contributed by atoms with Gasteiger partial charge in [-0.25, -0.2) is 9.97 Å². The van der Waals surface area contributed by atoms with E-state index in [1.54, 1.807) is 13.2 Å². The molecule has 0 spiro atoms. The van der Waals surface area contributed by atoms with Crippen molar-refractivity contribution in [1.82, 2.24) is 9.97 Å². The normalized spacial score (nSPS) is 25.7. The van der Waals surface area contributed by atoms with Crippen molar-refractivity contribution >= 4 is 13.1 Å². The molecule has 1 saturated heterocycles. The topological polar surface area (TPSA) is 84.3 Å². The van der Waals surface area contributed by atoms with E-state index in [0.717, 1.165) is 74.2 Å². The first-order valence-electron chi connectivity index (χ1n) is 11.4. The Balaban J connectivity index is 1.85. The Morgan fingerprint density at radius 3 is 2.45 bits per heavy atom. The molecule has 0 radical (unpaired) electrons. The molecule has 2 N–H and O–H groups in total. The lowest BCUT2D eigenvalue weighted by Crippen LogP contribution is -2.48. The Hall–Kier alpha value is -2.07. The molecule has 0 amide bonds. The van der Waals surface area contributed by atoms with Crippen LogP contribution in [0.5, 0.6) is 11.5 Å². The number of phenolic OH excluding ortho intramolecular Hbond substituents is 1. The van der Waals surface area contributed by atoms with Crippen molar-refractivity contribution in [2.45, 2.75) is 70.0 Å². The monoisotopic (exact) mass is 443 g/mol. The predicted molar refractivity (Wildman–Crippen MR) is 125 cm³/mol. The van der Waals surface area contributed by atoms with Gasteiger partial charge in [0.15, 0.2) is 11.5 Å². The maximum absolute atomic E-state index is 14.7. The van der Waals surface area contributed by atoms with E-state index in [2.05, 4.69) is 15.3 Å². The maximum Gasteiger partial charge on any atom is 0.223 e. The number of anilines is 1. The van der Waals surface area contributed by atoms with Gasteiger partial charge in [0.2, 0.25) is 5.95 Å². The molecule has 4 rings (SSSR count). The van der Waals surface area contributed by atoms with Crippen LogP contribution in [0.4, 0.5) is 5.95 Å². The Labute approximate surface area is 185 Å². The molecule has 1 saturated carbocycles. The fourth-order valence-electron chi connectivity index (χ4n) is 5.73. The smallest absolute Gasteiger partial charge is 0.223 e. The number of nitrogens with one attached hydrogen (secondary N) is 1. The highest BCUT2D eigenvalue weighted by Gasteiger charge is 2.55. The molecule has 1 aromatic heterocycles. The van der Waals surface area contributed by atoms with Gasteiger partial charge in [-0.3, -0.25) is 0 Å². The molecule has 2 aromatic rings. The Kier molecular flexibility index (Phi) is 6.30. The van der Waals surface area contributed by atoms with E-state index in [-0.39, 0.29) is 11.8 Å². The van der Waals surface area contributed by atoms with Crippen molar-refractivity contribution in [2.75, 3.05) is 24.8 Å². The summed E-state index contributed by atoms with van der Waals surface area (Å²) in [6.07, 6.45) is 8.64.